The van der Waals surface area contributed by atoms with Crippen LogP contribution in [0.15, 0.2) is 4.52 Å². The molecule has 0 aliphatic heterocycles. The second-order valence-electron chi connectivity index (χ2n) is 4.73. The predicted octanol–water partition coefficient (Wildman–Crippen LogP) is 5.32. The second kappa shape index (κ2) is 8.57. The molecule has 0 aliphatic carbocycles. The Hall–Kier alpha value is -0.500. The zero-order chi connectivity index (χ0) is 12.5. The van der Waals surface area contributed by atoms with Crippen molar-refractivity contribution in [1.29, 1.82) is 0 Å². The molecule has 2 nitrogen and oxygen atoms in total. The van der Waals surface area contributed by atoms with Crippen LogP contribution in [0.25, 0.3) is 0 Å². The van der Waals surface area contributed by atoms with Gasteiger partial charge in [-0.25, -0.2) is 0 Å². The third-order valence-electron chi connectivity index (χ3n) is 3.11. The van der Waals surface area contributed by atoms with Gasteiger partial charge in [-0.2, -0.15) is 0 Å². The first kappa shape index (κ1) is 14.6. The van der Waals surface area contributed by atoms with E-state index in [4.69, 9.17) is 16.1 Å². The maximum absolute atomic E-state index is 6.05. The zero-order valence-electron chi connectivity index (χ0n) is 11.1. The summed E-state index contributed by atoms with van der Waals surface area (Å²) in [6, 6.07) is 0. The predicted molar refractivity (Wildman–Crippen MR) is 72.6 cm³/mol. The van der Waals surface area contributed by atoms with E-state index in [1.54, 1.807) is 0 Å². The zero-order valence-corrected chi connectivity index (χ0v) is 11.9. The van der Waals surface area contributed by atoms with Gasteiger partial charge in [0.2, 0.25) is 0 Å². The Balaban J connectivity index is 1.99. The van der Waals surface area contributed by atoms with Crippen LogP contribution in [0, 0.1) is 6.92 Å². The van der Waals surface area contributed by atoms with Gasteiger partial charge < -0.3 is 4.52 Å². The van der Waals surface area contributed by atoms with Gasteiger partial charge in [0.15, 0.2) is 5.76 Å². The highest BCUT2D eigenvalue weighted by molar-refractivity contribution is 6.31. The van der Waals surface area contributed by atoms with Crippen LogP contribution in [0.2, 0.25) is 5.02 Å². The summed E-state index contributed by atoms with van der Waals surface area (Å²) in [7, 11) is 0. The maximum Gasteiger partial charge on any atom is 0.155 e. The first-order valence-electron chi connectivity index (χ1n) is 6.86. The number of hydrogen-bond donors (Lipinski definition) is 0. The summed E-state index contributed by atoms with van der Waals surface area (Å²) in [6.45, 7) is 4.13. The largest absolute Gasteiger partial charge is 0.360 e. The Labute approximate surface area is 110 Å². The van der Waals surface area contributed by atoms with E-state index >= 15 is 0 Å². The molecule has 98 valence electrons. The fraction of sp³-hybridized carbons (Fsp3) is 0.786. The molecule has 0 bridgehead atoms. The van der Waals surface area contributed by atoms with Crippen molar-refractivity contribution in [3.05, 3.63) is 16.5 Å². The topological polar surface area (TPSA) is 26.0 Å². The van der Waals surface area contributed by atoms with Crippen LogP contribution < -0.4 is 0 Å². The summed E-state index contributed by atoms with van der Waals surface area (Å²) >= 11 is 6.05. The van der Waals surface area contributed by atoms with E-state index in [-0.39, 0.29) is 0 Å². The molecule has 0 saturated heterocycles. The number of hydrogen-bond acceptors (Lipinski definition) is 2. The highest BCUT2D eigenvalue weighted by Crippen LogP contribution is 2.21. The van der Waals surface area contributed by atoms with Crippen LogP contribution in [0.1, 0.15) is 69.7 Å². The molecule has 0 saturated carbocycles. The average molecular weight is 258 g/mol. The Morgan fingerprint density at radius 3 is 2.12 bits per heavy atom. The molecule has 0 N–H and O–H groups in total. The van der Waals surface area contributed by atoms with Crippen LogP contribution in [-0.2, 0) is 6.42 Å². The second-order valence-corrected chi connectivity index (χ2v) is 5.11. The highest BCUT2D eigenvalue weighted by atomic mass is 35.5. The Morgan fingerprint density at radius 2 is 1.59 bits per heavy atom. The van der Waals surface area contributed by atoms with Crippen molar-refractivity contribution in [2.24, 2.45) is 0 Å². The van der Waals surface area contributed by atoms with Crippen molar-refractivity contribution in [3.8, 4) is 0 Å². The van der Waals surface area contributed by atoms with Gasteiger partial charge in [-0.1, -0.05) is 68.6 Å². The van der Waals surface area contributed by atoms with Crippen LogP contribution in [0.3, 0.4) is 0 Å². The molecular formula is C14H24ClNO. The molecule has 3 heteroatoms. The van der Waals surface area contributed by atoms with E-state index < -0.39 is 0 Å². The number of halogens is 1. The molecule has 1 rings (SSSR count). The lowest BCUT2D eigenvalue weighted by Crippen LogP contribution is -1.85. The summed E-state index contributed by atoms with van der Waals surface area (Å²) in [5.74, 6) is 0.857. The lowest BCUT2D eigenvalue weighted by atomic mass is 10.1. The lowest BCUT2D eigenvalue weighted by Gasteiger charge is -2.00. The summed E-state index contributed by atoms with van der Waals surface area (Å²) in [6.07, 6.45) is 11.5. The minimum Gasteiger partial charge on any atom is -0.360 e. The van der Waals surface area contributed by atoms with E-state index in [1.807, 2.05) is 6.92 Å². The molecule has 1 heterocycles. The molecule has 1 aromatic heterocycles. The van der Waals surface area contributed by atoms with E-state index in [0.717, 1.165) is 24.3 Å². The fourth-order valence-electron chi connectivity index (χ4n) is 1.98. The van der Waals surface area contributed by atoms with Gasteiger partial charge >= 0.3 is 0 Å². The van der Waals surface area contributed by atoms with Gasteiger partial charge in [-0.3, -0.25) is 0 Å². The van der Waals surface area contributed by atoms with Gasteiger partial charge in [0.05, 0.1) is 5.69 Å². The van der Waals surface area contributed by atoms with Crippen molar-refractivity contribution in [1.82, 2.24) is 5.16 Å². The van der Waals surface area contributed by atoms with Crippen molar-refractivity contribution < 1.29 is 4.52 Å². The highest BCUT2D eigenvalue weighted by Gasteiger charge is 2.09. The molecule has 0 atom stereocenters. The number of aromatic nitrogens is 1. The smallest absolute Gasteiger partial charge is 0.155 e. The van der Waals surface area contributed by atoms with Crippen LogP contribution >= 0.6 is 11.6 Å². The van der Waals surface area contributed by atoms with Crippen LogP contribution in [0.5, 0.6) is 0 Å². The fourth-order valence-corrected chi connectivity index (χ4v) is 2.14. The van der Waals surface area contributed by atoms with Gasteiger partial charge in [0, 0.05) is 6.42 Å². The molecular weight excluding hydrogens is 234 g/mol. The van der Waals surface area contributed by atoms with Gasteiger partial charge in [0.25, 0.3) is 0 Å². The van der Waals surface area contributed by atoms with Crippen molar-refractivity contribution >= 4 is 11.6 Å². The minimum atomic E-state index is 0.716. The molecule has 1 aromatic rings. The molecule has 0 amide bonds. The molecule has 0 spiro atoms. The monoisotopic (exact) mass is 257 g/mol. The SMILES string of the molecule is CCCCCCCCCCc1onc(C)c1Cl. The quantitative estimate of drug-likeness (QED) is 0.560. The van der Waals surface area contributed by atoms with Gasteiger partial charge in [0.1, 0.15) is 5.02 Å². The van der Waals surface area contributed by atoms with E-state index in [0.29, 0.717) is 5.02 Å². The summed E-state index contributed by atoms with van der Waals surface area (Å²) in [5, 5.41) is 4.57. The van der Waals surface area contributed by atoms with Crippen LogP contribution in [-0.4, -0.2) is 5.16 Å². The number of nitrogens with zero attached hydrogens (tertiary/aromatic N) is 1. The normalized spacial score (nSPS) is 11.0. The van der Waals surface area contributed by atoms with Crippen LogP contribution in [0.4, 0.5) is 0 Å². The summed E-state index contributed by atoms with van der Waals surface area (Å²) in [5.41, 5.74) is 0.807. The molecule has 0 radical (unpaired) electrons. The third kappa shape index (κ3) is 5.58. The van der Waals surface area contributed by atoms with Crippen molar-refractivity contribution in [2.45, 2.75) is 71.6 Å². The Kier molecular flexibility index (Phi) is 7.34. The van der Waals surface area contributed by atoms with Crippen molar-refractivity contribution in [3.63, 3.8) is 0 Å². The van der Waals surface area contributed by atoms with Gasteiger partial charge in [-0.05, 0) is 13.3 Å². The number of aryl methyl sites for hydroxylation is 2. The van der Waals surface area contributed by atoms with E-state index in [2.05, 4.69) is 12.1 Å². The molecule has 17 heavy (non-hydrogen) atoms. The standard InChI is InChI=1S/C14H24ClNO/c1-3-4-5-6-7-8-9-10-11-13-14(15)12(2)16-17-13/h3-11H2,1-2H3. The summed E-state index contributed by atoms with van der Waals surface area (Å²) < 4.78 is 5.17. The number of unbranched alkanes of at least 4 members (excludes halogenated alkanes) is 7. The first-order valence-corrected chi connectivity index (χ1v) is 7.24. The van der Waals surface area contributed by atoms with E-state index in [9.17, 15) is 0 Å². The lowest BCUT2D eigenvalue weighted by molar-refractivity contribution is 0.375. The van der Waals surface area contributed by atoms with Crippen molar-refractivity contribution in [2.75, 3.05) is 0 Å². The minimum absolute atomic E-state index is 0.716. The molecule has 0 fully saturated rings. The van der Waals surface area contributed by atoms with Gasteiger partial charge in [-0.15, -0.1) is 0 Å². The number of rotatable bonds is 9. The molecule has 0 aliphatic rings. The maximum atomic E-state index is 6.05. The third-order valence-corrected chi connectivity index (χ3v) is 3.60. The first-order chi connectivity index (χ1) is 8.25. The molecule has 0 unspecified atom stereocenters. The average Bonchev–Trinajstić information content (AvgIpc) is 2.64. The molecule has 0 aromatic carbocycles. The Morgan fingerprint density at radius 1 is 1.00 bits per heavy atom. The summed E-state index contributed by atoms with van der Waals surface area (Å²) in [4.78, 5) is 0. The van der Waals surface area contributed by atoms with E-state index in [1.165, 1.54) is 44.9 Å². The Bertz CT molecular complexity index is 309.